The second-order valence-electron chi connectivity index (χ2n) is 3.18. The average molecular weight is 258 g/mol. The highest BCUT2D eigenvalue weighted by Gasteiger charge is 2.34. The van der Waals surface area contributed by atoms with E-state index in [9.17, 15) is 18.0 Å². The molecule has 0 aliphatic heterocycles. The smallest absolute Gasteiger partial charge is 0.417 e. The molecule has 1 aromatic carbocycles. The Morgan fingerprint density at radius 1 is 1.50 bits per heavy atom. The first-order valence-electron chi connectivity index (χ1n) is 4.94. The summed E-state index contributed by atoms with van der Waals surface area (Å²) in [4.78, 5) is 11.1. The largest absolute Gasteiger partial charge is 0.450 e. The van der Waals surface area contributed by atoms with Crippen LogP contribution in [0.3, 0.4) is 0 Å². The molecule has 7 heteroatoms. The number of hydrogen-bond acceptors (Lipinski definition) is 3. The third-order valence-electron chi connectivity index (χ3n) is 1.99. The van der Waals surface area contributed by atoms with Crippen molar-refractivity contribution in [2.75, 3.05) is 11.9 Å². The number of anilines is 1. The summed E-state index contributed by atoms with van der Waals surface area (Å²) in [6.07, 6.45) is -5.56. The van der Waals surface area contributed by atoms with Crippen molar-refractivity contribution in [3.63, 3.8) is 0 Å². The van der Waals surface area contributed by atoms with Gasteiger partial charge in [-0.15, -0.1) is 0 Å². The number of amides is 1. The summed E-state index contributed by atoms with van der Waals surface area (Å²) in [7, 11) is 0. The number of nitriles is 1. The normalized spacial score (nSPS) is 10.6. The number of alkyl halides is 3. The van der Waals surface area contributed by atoms with E-state index in [0.29, 0.717) is 0 Å². The highest BCUT2D eigenvalue weighted by atomic mass is 19.4. The third-order valence-corrected chi connectivity index (χ3v) is 1.99. The van der Waals surface area contributed by atoms with Crippen LogP contribution in [0.5, 0.6) is 0 Å². The molecule has 0 heterocycles. The number of nitrogens with zero attached hydrogens (tertiary/aromatic N) is 1. The molecule has 4 nitrogen and oxygen atoms in total. The zero-order valence-electron chi connectivity index (χ0n) is 9.34. The summed E-state index contributed by atoms with van der Waals surface area (Å²) < 4.78 is 42.3. The number of ether oxygens (including phenoxy) is 1. The zero-order valence-corrected chi connectivity index (χ0v) is 9.34. The minimum atomic E-state index is -4.66. The lowest BCUT2D eigenvalue weighted by Crippen LogP contribution is -2.16. The number of halogens is 3. The second kappa shape index (κ2) is 5.40. The molecule has 1 amide bonds. The number of carbonyl (C=O) groups excluding carboxylic acids is 1. The SMILES string of the molecule is CCOC(=O)Nc1cccc(C(F)(F)F)c1C#N. The van der Waals surface area contributed by atoms with Gasteiger partial charge in [0.05, 0.1) is 23.4 Å². The molecule has 0 radical (unpaired) electrons. The fraction of sp³-hybridized carbons (Fsp3) is 0.273. The van der Waals surface area contributed by atoms with Crippen LogP contribution in [0.4, 0.5) is 23.7 Å². The third kappa shape index (κ3) is 3.13. The van der Waals surface area contributed by atoms with Gasteiger partial charge in [0, 0.05) is 0 Å². The van der Waals surface area contributed by atoms with Crippen molar-refractivity contribution in [3.8, 4) is 6.07 Å². The molecule has 18 heavy (non-hydrogen) atoms. The minimum Gasteiger partial charge on any atom is -0.450 e. The van der Waals surface area contributed by atoms with Crippen molar-refractivity contribution >= 4 is 11.8 Å². The highest BCUT2D eigenvalue weighted by Crippen LogP contribution is 2.34. The summed E-state index contributed by atoms with van der Waals surface area (Å²) >= 11 is 0. The minimum absolute atomic E-state index is 0.0761. The quantitative estimate of drug-likeness (QED) is 0.886. The van der Waals surface area contributed by atoms with Crippen LogP contribution in [0.25, 0.3) is 0 Å². The molecule has 1 rings (SSSR count). The highest BCUT2D eigenvalue weighted by molar-refractivity contribution is 5.87. The lowest BCUT2D eigenvalue weighted by atomic mass is 10.1. The molecule has 96 valence electrons. The molecular formula is C11H9F3N2O2. The van der Waals surface area contributed by atoms with E-state index in [1.165, 1.54) is 12.1 Å². The molecule has 0 aliphatic carbocycles. The molecule has 0 fully saturated rings. The first-order chi connectivity index (χ1) is 8.40. The van der Waals surface area contributed by atoms with Crippen molar-refractivity contribution < 1.29 is 22.7 Å². The van der Waals surface area contributed by atoms with Gasteiger partial charge in [-0.3, -0.25) is 5.32 Å². The van der Waals surface area contributed by atoms with Gasteiger partial charge in [0.15, 0.2) is 0 Å². The van der Waals surface area contributed by atoms with Crippen molar-refractivity contribution in [1.29, 1.82) is 5.26 Å². The number of rotatable bonds is 2. The Labute approximate surface area is 101 Å². The van der Waals surface area contributed by atoms with E-state index in [-0.39, 0.29) is 12.3 Å². The molecule has 0 atom stereocenters. The van der Waals surface area contributed by atoms with Gasteiger partial charge in [-0.25, -0.2) is 4.79 Å². The van der Waals surface area contributed by atoms with E-state index in [2.05, 4.69) is 10.1 Å². The van der Waals surface area contributed by atoms with Gasteiger partial charge in [-0.1, -0.05) is 6.07 Å². The van der Waals surface area contributed by atoms with E-state index >= 15 is 0 Å². The maximum Gasteiger partial charge on any atom is 0.417 e. The Kier molecular flexibility index (Phi) is 4.15. The summed E-state index contributed by atoms with van der Waals surface area (Å²) in [5.74, 6) is 0. The molecule has 1 aromatic rings. The predicted molar refractivity (Wildman–Crippen MR) is 56.8 cm³/mol. The summed E-state index contributed by atoms with van der Waals surface area (Å²) in [6, 6.07) is 4.50. The molecule has 0 unspecified atom stereocenters. The van der Waals surface area contributed by atoms with Crippen LogP contribution in [-0.4, -0.2) is 12.7 Å². The second-order valence-corrected chi connectivity index (χ2v) is 3.18. The van der Waals surface area contributed by atoms with Gasteiger partial charge in [0.25, 0.3) is 0 Å². The van der Waals surface area contributed by atoms with Gasteiger partial charge >= 0.3 is 12.3 Å². The lowest BCUT2D eigenvalue weighted by molar-refractivity contribution is -0.137. The van der Waals surface area contributed by atoms with Gasteiger partial charge in [0.1, 0.15) is 6.07 Å². The standard InChI is InChI=1S/C11H9F3N2O2/c1-2-18-10(17)16-9-5-3-4-8(7(9)6-15)11(12,13)14/h3-5H,2H2,1H3,(H,16,17). The molecule has 0 saturated carbocycles. The number of carbonyl (C=O) groups is 1. The Hall–Kier alpha value is -2.23. The van der Waals surface area contributed by atoms with E-state index in [0.717, 1.165) is 12.1 Å². The predicted octanol–water partition coefficient (Wildman–Crippen LogP) is 3.15. The van der Waals surface area contributed by atoms with E-state index < -0.39 is 23.4 Å². The summed E-state index contributed by atoms with van der Waals surface area (Å²) in [5, 5.41) is 10.9. The fourth-order valence-electron chi connectivity index (χ4n) is 1.29. The van der Waals surface area contributed by atoms with Crippen LogP contribution in [-0.2, 0) is 10.9 Å². The molecular weight excluding hydrogens is 249 g/mol. The van der Waals surface area contributed by atoms with E-state index in [4.69, 9.17) is 5.26 Å². The maximum absolute atomic E-state index is 12.6. The van der Waals surface area contributed by atoms with E-state index in [1.807, 2.05) is 0 Å². The Morgan fingerprint density at radius 3 is 2.67 bits per heavy atom. The van der Waals surface area contributed by atoms with Crippen LogP contribution in [0.1, 0.15) is 18.1 Å². The number of benzene rings is 1. The Balaban J connectivity index is 3.15. The van der Waals surface area contributed by atoms with Gasteiger partial charge < -0.3 is 4.74 Å². The average Bonchev–Trinajstić information content (AvgIpc) is 2.27. The number of hydrogen-bond donors (Lipinski definition) is 1. The molecule has 0 bridgehead atoms. The fourth-order valence-corrected chi connectivity index (χ4v) is 1.29. The van der Waals surface area contributed by atoms with Crippen LogP contribution in [0, 0.1) is 11.3 Å². The molecule has 0 saturated heterocycles. The topological polar surface area (TPSA) is 62.1 Å². The van der Waals surface area contributed by atoms with Crippen molar-refractivity contribution in [3.05, 3.63) is 29.3 Å². The molecule has 1 N–H and O–H groups in total. The van der Waals surface area contributed by atoms with Crippen molar-refractivity contribution in [1.82, 2.24) is 0 Å². The van der Waals surface area contributed by atoms with Gasteiger partial charge in [-0.2, -0.15) is 18.4 Å². The van der Waals surface area contributed by atoms with Crippen molar-refractivity contribution in [2.24, 2.45) is 0 Å². The summed E-state index contributed by atoms with van der Waals surface area (Å²) in [6.45, 7) is 1.63. The monoisotopic (exact) mass is 258 g/mol. The van der Waals surface area contributed by atoms with Crippen LogP contribution >= 0.6 is 0 Å². The van der Waals surface area contributed by atoms with Gasteiger partial charge in [-0.05, 0) is 19.1 Å². The van der Waals surface area contributed by atoms with Crippen molar-refractivity contribution in [2.45, 2.75) is 13.1 Å². The molecule has 0 spiro atoms. The van der Waals surface area contributed by atoms with Crippen LogP contribution < -0.4 is 5.32 Å². The van der Waals surface area contributed by atoms with Crippen LogP contribution in [0.2, 0.25) is 0 Å². The zero-order chi connectivity index (χ0) is 13.8. The van der Waals surface area contributed by atoms with E-state index in [1.54, 1.807) is 6.92 Å². The lowest BCUT2D eigenvalue weighted by Gasteiger charge is -2.12. The van der Waals surface area contributed by atoms with Crippen LogP contribution in [0.15, 0.2) is 18.2 Å². The van der Waals surface area contributed by atoms with Gasteiger partial charge in [0.2, 0.25) is 0 Å². The summed E-state index contributed by atoms with van der Waals surface area (Å²) in [5.41, 5.74) is -1.97. The molecule has 0 aromatic heterocycles. The first kappa shape index (κ1) is 13.8. The maximum atomic E-state index is 12.6. The number of nitrogens with one attached hydrogen (secondary N) is 1. The first-order valence-corrected chi connectivity index (χ1v) is 4.94. The Bertz CT molecular complexity index is 492. The molecule has 0 aliphatic rings. The Morgan fingerprint density at radius 2 is 2.17 bits per heavy atom.